The maximum absolute atomic E-state index is 11.0. The molecule has 0 bridgehead atoms. The highest BCUT2D eigenvalue weighted by atomic mass is 16.4. The summed E-state index contributed by atoms with van der Waals surface area (Å²) in [5, 5.41) is 17.8. The van der Waals surface area contributed by atoms with E-state index in [0.29, 0.717) is 12.8 Å². The van der Waals surface area contributed by atoms with Gasteiger partial charge in [-0.3, -0.25) is 4.79 Å². The Hall–Kier alpha value is -1.04. The summed E-state index contributed by atoms with van der Waals surface area (Å²) in [5.41, 5.74) is -0.431. The van der Waals surface area contributed by atoms with E-state index in [1.165, 1.54) is 0 Å². The van der Waals surface area contributed by atoms with Crippen molar-refractivity contribution in [2.45, 2.75) is 40.0 Å². The lowest BCUT2D eigenvalue weighted by atomic mass is 9.64. The molecule has 3 nitrogen and oxygen atoms in total. The fraction of sp³-hybridized carbons (Fsp3) is 0.818. The molecule has 0 aromatic carbocycles. The molecule has 1 aliphatic carbocycles. The molecular formula is C11H17NO2. The third kappa shape index (κ3) is 1.39. The highest BCUT2D eigenvalue weighted by Crippen LogP contribution is 2.57. The monoisotopic (exact) mass is 195 g/mol. The van der Waals surface area contributed by atoms with Gasteiger partial charge >= 0.3 is 5.97 Å². The van der Waals surface area contributed by atoms with Crippen LogP contribution in [0.2, 0.25) is 0 Å². The Morgan fingerprint density at radius 3 is 2.50 bits per heavy atom. The molecule has 0 aromatic heterocycles. The number of carbonyl (C=O) groups is 1. The highest BCUT2D eigenvalue weighted by molar-refractivity contribution is 5.71. The Bertz CT molecular complexity index is 290. The van der Waals surface area contributed by atoms with Crippen LogP contribution in [0.25, 0.3) is 0 Å². The van der Waals surface area contributed by atoms with Crippen molar-refractivity contribution in [3.63, 3.8) is 0 Å². The number of hydrogen-bond donors (Lipinski definition) is 1. The highest BCUT2D eigenvalue weighted by Gasteiger charge is 2.53. The van der Waals surface area contributed by atoms with Gasteiger partial charge in [0.1, 0.15) is 0 Å². The van der Waals surface area contributed by atoms with Crippen LogP contribution in [0.4, 0.5) is 0 Å². The van der Waals surface area contributed by atoms with Gasteiger partial charge < -0.3 is 5.11 Å². The van der Waals surface area contributed by atoms with Crippen molar-refractivity contribution in [2.24, 2.45) is 16.7 Å². The van der Waals surface area contributed by atoms with Crippen LogP contribution in [0.15, 0.2) is 0 Å². The first kappa shape index (κ1) is 11.0. The Morgan fingerprint density at radius 2 is 2.14 bits per heavy atom. The van der Waals surface area contributed by atoms with Gasteiger partial charge in [-0.2, -0.15) is 5.26 Å². The SMILES string of the molecule is CC1(C)[C@@H](C(=O)O)CC[C@@]1(C)CC#N. The topological polar surface area (TPSA) is 61.1 Å². The Labute approximate surface area is 84.7 Å². The zero-order chi connectivity index (χ0) is 11.0. The Kier molecular flexibility index (Phi) is 2.58. The Balaban J connectivity index is 2.97. The molecule has 0 aliphatic heterocycles. The summed E-state index contributed by atoms with van der Waals surface area (Å²) in [6.45, 7) is 5.96. The number of aliphatic carboxylic acids is 1. The van der Waals surface area contributed by atoms with Crippen molar-refractivity contribution in [1.29, 1.82) is 5.26 Å². The first-order valence-electron chi connectivity index (χ1n) is 4.95. The summed E-state index contributed by atoms with van der Waals surface area (Å²) in [5.74, 6) is -1.03. The second kappa shape index (κ2) is 3.27. The molecule has 0 heterocycles. The molecule has 1 N–H and O–H groups in total. The standard InChI is InChI=1S/C11H17NO2/c1-10(2)8(9(13)14)4-5-11(10,3)6-7-12/h8H,4-6H2,1-3H3,(H,13,14)/t8-,11+/m1/s1. The van der Waals surface area contributed by atoms with Crippen LogP contribution < -0.4 is 0 Å². The normalized spacial score (nSPS) is 35.1. The minimum atomic E-state index is -0.725. The molecule has 78 valence electrons. The van der Waals surface area contributed by atoms with E-state index in [0.717, 1.165) is 6.42 Å². The van der Waals surface area contributed by atoms with Gasteiger partial charge in [-0.1, -0.05) is 20.8 Å². The van der Waals surface area contributed by atoms with E-state index in [4.69, 9.17) is 10.4 Å². The van der Waals surface area contributed by atoms with Crippen LogP contribution in [-0.2, 0) is 4.79 Å². The number of nitrogens with zero attached hydrogens (tertiary/aromatic N) is 1. The predicted molar refractivity (Wildman–Crippen MR) is 52.5 cm³/mol. The minimum Gasteiger partial charge on any atom is -0.481 e. The van der Waals surface area contributed by atoms with Crippen molar-refractivity contribution in [2.75, 3.05) is 0 Å². The second-order valence-corrected chi connectivity index (χ2v) is 5.05. The van der Waals surface area contributed by atoms with Crippen molar-refractivity contribution in [3.8, 4) is 6.07 Å². The fourth-order valence-electron chi connectivity index (χ4n) is 2.49. The molecule has 1 rings (SSSR count). The van der Waals surface area contributed by atoms with Gasteiger partial charge in [-0.15, -0.1) is 0 Å². The van der Waals surface area contributed by atoms with Gasteiger partial charge in [-0.05, 0) is 23.7 Å². The van der Waals surface area contributed by atoms with Crippen molar-refractivity contribution < 1.29 is 9.90 Å². The average molecular weight is 195 g/mol. The van der Waals surface area contributed by atoms with E-state index < -0.39 is 5.97 Å². The molecule has 0 saturated heterocycles. The third-order valence-electron chi connectivity index (χ3n) is 4.18. The lowest BCUT2D eigenvalue weighted by Gasteiger charge is -2.38. The lowest BCUT2D eigenvalue weighted by molar-refractivity contribution is -0.146. The lowest BCUT2D eigenvalue weighted by Crippen LogP contribution is -2.37. The number of nitriles is 1. The Morgan fingerprint density at radius 1 is 1.57 bits per heavy atom. The molecular weight excluding hydrogens is 178 g/mol. The zero-order valence-corrected chi connectivity index (χ0v) is 9.00. The molecule has 2 atom stereocenters. The molecule has 1 aliphatic rings. The quantitative estimate of drug-likeness (QED) is 0.736. The summed E-state index contributed by atoms with van der Waals surface area (Å²) >= 11 is 0. The van der Waals surface area contributed by atoms with Crippen LogP contribution in [0, 0.1) is 28.1 Å². The van der Waals surface area contributed by atoms with Crippen LogP contribution in [0.1, 0.15) is 40.0 Å². The number of carboxylic acid groups (broad SMARTS) is 1. The van der Waals surface area contributed by atoms with Crippen molar-refractivity contribution in [1.82, 2.24) is 0 Å². The molecule has 1 saturated carbocycles. The predicted octanol–water partition coefficient (Wildman–Crippen LogP) is 2.43. The fourth-order valence-corrected chi connectivity index (χ4v) is 2.49. The summed E-state index contributed by atoms with van der Waals surface area (Å²) in [6.07, 6.45) is 1.98. The van der Waals surface area contributed by atoms with Crippen LogP contribution in [-0.4, -0.2) is 11.1 Å². The molecule has 3 heteroatoms. The van der Waals surface area contributed by atoms with Gasteiger partial charge in [-0.25, -0.2) is 0 Å². The van der Waals surface area contributed by atoms with E-state index in [-0.39, 0.29) is 16.7 Å². The van der Waals surface area contributed by atoms with E-state index in [9.17, 15) is 4.79 Å². The smallest absolute Gasteiger partial charge is 0.307 e. The summed E-state index contributed by atoms with van der Waals surface area (Å²) in [6, 6.07) is 2.17. The van der Waals surface area contributed by atoms with Gasteiger partial charge in [0.15, 0.2) is 0 Å². The van der Waals surface area contributed by atoms with Crippen molar-refractivity contribution in [3.05, 3.63) is 0 Å². The van der Waals surface area contributed by atoms with E-state index in [1.54, 1.807) is 0 Å². The maximum atomic E-state index is 11.0. The summed E-state index contributed by atoms with van der Waals surface area (Å²) in [7, 11) is 0. The third-order valence-corrected chi connectivity index (χ3v) is 4.18. The number of hydrogen-bond acceptors (Lipinski definition) is 2. The molecule has 14 heavy (non-hydrogen) atoms. The molecule has 0 aromatic rings. The van der Waals surface area contributed by atoms with Crippen molar-refractivity contribution >= 4 is 5.97 Å². The summed E-state index contributed by atoms with van der Waals surface area (Å²) in [4.78, 5) is 11.0. The number of rotatable bonds is 2. The largest absolute Gasteiger partial charge is 0.481 e. The zero-order valence-electron chi connectivity index (χ0n) is 9.00. The summed E-state index contributed by atoms with van der Waals surface area (Å²) < 4.78 is 0. The maximum Gasteiger partial charge on any atom is 0.307 e. The van der Waals surface area contributed by atoms with E-state index >= 15 is 0 Å². The molecule has 0 radical (unpaired) electrons. The first-order chi connectivity index (χ1) is 6.35. The molecule has 0 spiro atoms. The van der Waals surface area contributed by atoms with E-state index in [1.807, 2.05) is 20.8 Å². The average Bonchev–Trinajstić information content (AvgIpc) is 2.24. The second-order valence-electron chi connectivity index (χ2n) is 5.05. The van der Waals surface area contributed by atoms with Crippen LogP contribution in [0.5, 0.6) is 0 Å². The molecule has 0 amide bonds. The number of carboxylic acids is 1. The van der Waals surface area contributed by atoms with Crippen LogP contribution >= 0.6 is 0 Å². The minimum absolute atomic E-state index is 0.148. The van der Waals surface area contributed by atoms with Gasteiger partial charge in [0.2, 0.25) is 0 Å². The van der Waals surface area contributed by atoms with Crippen LogP contribution in [0.3, 0.4) is 0 Å². The van der Waals surface area contributed by atoms with Gasteiger partial charge in [0, 0.05) is 6.42 Å². The van der Waals surface area contributed by atoms with E-state index in [2.05, 4.69) is 6.07 Å². The van der Waals surface area contributed by atoms with Gasteiger partial charge in [0.05, 0.1) is 12.0 Å². The molecule has 1 fully saturated rings. The van der Waals surface area contributed by atoms with Gasteiger partial charge in [0.25, 0.3) is 0 Å². The molecule has 0 unspecified atom stereocenters. The first-order valence-corrected chi connectivity index (χ1v) is 4.95.